The van der Waals surface area contributed by atoms with E-state index in [1.165, 1.54) is 12.1 Å². The van der Waals surface area contributed by atoms with Crippen molar-refractivity contribution in [2.75, 3.05) is 23.7 Å². The highest BCUT2D eigenvalue weighted by molar-refractivity contribution is 5.94. The highest BCUT2D eigenvalue weighted by Gasteiger charge is 2.29. The van der Waals surface area contributed by atoms with E-state index in [0.717, 1.165) is 29.8 Å². The van der Waals surface area contributed by atoms with Crippen molar-refractivity contribution in [1.29, 1.82) is 0 Å². The van der Waals surface area contributed by atoms with Crippen LogP contribution in [0.3, 0.4) is 0 Å². The molecule has 2 aromatic carbocycles. The number of carbonyl (C=O) groups excluding carboxylic acids is 2. The maximum absolute atomic E-state index is 12.1. The number of amides is 2. The molecule has 1 aliphatic rings. The number of alkyl halides is 2. The lowest BCUT2D eigenvalue weighted by molar-refractivity contribution is -0.119. The van der Waals surface area contributed by atoms with Crippen molar-refractivity contribution in [3.05, 3.63) is 54.1 Å². The van der Waals surface area contributed by atoms with Crippen molar-refractivity contribution < 1.29 is 23.1 Å². The number of carbonyl (C=O) groups is 2. The fourth-order valence-electron chi connectivity index (χ4n) is 2.69. The number of halogens is 2. The van der Waals surface area contributed by atoms with Crippen LogP contribution >= 0.6 is 0 Å². The van der Waals surface area contributed by atoms with Crippen molar-refractivity contribution in [1.82, 2.24) is 5.32 Å². The molecule has 1 fully saturated rings. The number of benzene rings is 2. The fourth-order valence-corrected chi connectivity index (χ4v) is 2.69. The van der Waals surface area contributed by atoms with Gasteiger partial charge in [-0.05, 0) is 61.2 Å². The van der Waals surface area contributed by atoms with Crippen LogP contribution in [0.25, 0.3) is 0 Å². The van der Waals surface area contributed by atoms with Gasteiger partial charge < -0.3 is 20.7 Å². The molecule has 29 heavy (non-hydrogen) atoms. The number of anilines is 2. The SMILES string of the molecule is O=C(CNc1ccc(NC(=O)C2CC2)cc1)NCCc1ccc(OC(F)F)cc1. The monoisotopic (exact) mass is 403 g/mol. The molecule has 0 aliphatic heterocycles. The van der Waals surface area contributed by atoms with Crippen LogP contribution in [0, 0.1) is 5.92 Å². The Labute approximate surface area is 167 Å². The molecular formula is C21H23F2N3O3. The largest absolute Gasteiger partial charge is 0.435 e. The van der Waals surface area contributed by atoms with E-state index in [1.54, 1.807) is 36.4 Å². The molecule has 2 aromatic rings. The first-order valence-electron chi connectivity index (χ1n) is 9.45. The van der Waals surface area contributed by atoms with Crippen molar-refractivity contribution in [2.45, 2.75) is 25.9 Å². The standard InChI is InChI=1S/C21H23F2N3O3/c22-21(23)29-18-9-1-14(2-10-18)11-12-24-19(27)13-25-16-5-7-17(8-6-16)26-20(28)15-3-4-15/h1-2,5-10,15,21,25H,3-4,11-13H2,(H,24,27)(H,26,28). The molecule has 8 heteroatoms. The van der Waals surface area contributed by atoms with E-state index in [2.05, 4.69) is 20.7 Å². The van der Waals surface area contributed by atoms with Gasteiger partial charge in [-0.15, -0.1) is 0 Å². The van der Waals surface area contributed by atoms with Crippen LogP contribution in [-0.2, 0) is 16.0 Å². The molecule has 0 unspecified atom stereocenters. The molecule has 1 aliphatic carbocycles. The average Bonchev–Trinajstić information content (AvgIpc) is 3.54. The topological polar surface area (TPSA) is 79.5 Å². The van der Waals surface area contributed by atoms with Crippen LogP contribution in [0.1, 0.15) is 18.4 Å². The predicted molar refractivity (Wildman–Crippen MR) is 106 cm³/mol. The third kappa shape index (κ3) is 7.06. The third-order valence-corrected chi connectivity index (χ3v) is 4.44. The van der Waals surface area contributed by atoms with Crippen LogP contribution in [-0.4, -0.2) is 31.5 Å². The van der Waals surface area contributed by atoms with E-state index in [-0.39, 0.29) is 30.0 Å². The Morgan fingerprint density at radius 3 is 2.28 bits per heavy atom. The molecule has 0 heterocycles. The summed E-state index contributed by atoms with van der Waals surface area (Å²) in [7, 11) is 0. The summed E-state index contributed by atoms with van der Waals surface area (Å²) in [4.78, 5) is 23.7. The molecule has 0 radical (unpaired) electrons. The molecule has 0 aromatic heterocycles. The summed E-state index contributed by atoms with van der Waals surface area (Å²) in [6.07, 6.45) is 2.49. The minimum atomic E-state index is -2.84. The van der Waals surface area contributed by atoms with Gasteiger partial charge >= 0.3 is 6.61 Å². The zero-order chi connectivity index (χ0) is 20.6. The molecule has 154 valence electrons. The van der Waals surface area contributed by atoms with Gasteiger partial charge in [0.25, 0.3) is 0 Å². The van der Waals surface area contributed by atoms with Gasteiger partial charge in [0, 0.05) is 23.8 Å². The second-order valence-electron chi connectivity index (χ2n) is 6.82. The van der Waals surface area contributed by atoms with Crippen LogP contribution < -0.4 is 20.7 Å². The van der Waals surface area contributed by atoms with Crippen LogP contribution in [0.2, 0.25) is 0 Å². The lowest BCUT2D eigenvalue weighted by Crippen LogP contribution is -2.31. The van der Waals surface area contributed by atoms with E-state index < -0.39 is 6.61 Å². The summed E-state index contributed by atoms with van der Waals surface area (Å²) in [6, 6.07) is 13.5. The number of hydrogen-bond donors (Lipinski definition) is 3. The van der Waals surface area contributed by atoms with Crippen LogP contribution in [0.5, 0.6) is 5.75 Å². The first-order chi connectivity index (χ1) is 14.0. The summed E-state index contributed by atoms with van der Waals surface area (Å²) in [5.41, 5.74) is 2.42. The molecular weight excluding hydrogens is 380 g/mol. The summed E-state index contributed by atoms with van der Waals surface area (Å²) in [5.74, 6) is 0.158. The summed E-state index contributed by atoms with van der Waals surface area (Å²) >= 11 is 0. The Morgan fingerprint density at radius 2 is 1.66 bits per heavy atom. The molecule has 0 bridgehead atoms. The molecule has 0 atom stereocenters. The Kier molecular flexibility index (Phi) is 6.99. The quantitative estimate of drug-likeness (QED) is 0.568. The van der Waals surface area contributed by atoms with Gasteiger partial charge in [0.15, 0.2) is 0 Å². The van der Waals surface area contributed by atoms with E-state index in [0.29, 0.717) is 13.0 Å². The molecule has 3 N–H and O–H groups in total. The fraction of sp³-hybridized carbons (Fsp3) is 0.333. The normalized spacial score (nSPS) is 13.1. The maximum Gasteiger partial charge on any atom is 0.387 e. The highest BCUT2D eigenvalue weighted by Crippen LogP contribution is 2.30. The molecule has 6 nitrogen and oxygen atoms in total. The van der Waals surface area contributed by atoms with Gasteiger partial charge in [0.2, 0.25) is 11.8 Å². The van der Waals surface area contributed by atoms with Crippen molar-refractivity contribution in [2.24, 2.45) is 5.92 Å². The van der Waals surface area contributed by atoms with E-state index >= 15 is 0 Å². The Hall–Kier alpha value is -3.16. The van der Waals surface area contributed by atoms with Gasteiger partial charge in [-0.25, -0.2) is 0 Å². The van der Waals surface area contributed by atoms with Gasteiger partial charge in [-0.3, -0.25) is 9.59 Å². The highest BCUT2D eigenvalue weighted by atomic mass is 19.3. The number of hydrogen-bond acceptors (Lipinski definition) is 4. The molecule has 3 rings (SSSR count). The third-order valence-electron chi connectivity index (χ3n) is 4.44. The zero-order valence-electron chi connectivity index (χ0n) is 15.8. The van der Waals surface area contributed by atoms with Crippen molar-refractivity contribution in [3.63, 3.8) is 0 Å². The van der Waals surface area contributed by atoms with E-state index in [4.69, 9.17) is 0 Å². The van der Waals surface area contributed by atoms with Gasteiger partial charge in [0.05, 0.1) is 6.54 Å². The summed E-state index contributed by atoms with van der Waals surface area (Å²) < 4.78 is 28.5. The average molecular weight is 403 g/mol. The molecule has 0 saturated heterocycles. The lowest BCUT2D eigenvalue weighted by Gasteiger charge is -2.10. The van der Waals surface area contributed by atoms with E-state index in [9.17, 15) is 18.4 Å². The van der Waals surface area contributed by atoms with Gasteiger partial charge in [0.1, 0.15) is 5.75 Å². The van der Waals surface area contributed by atoms with E-state index in [1.807, 2.05) is 0 Å². The zero-order valence-corrected chi connectivity index (χ0v) is 15.8. The van der Waals surface area contributed by atoms with Crippen molar-refractivity contribution >= 4 is 23.2 Å². The number of nitrogens with one attached hydrogen (secondary N) is 3. The number of ether oxygens (including phenoxy) is 1. The second kappa shape index (κ2) is 9.86. The first-order valence-corrected chi connectivity index (χ1v) is 9.45. The lowest BCUT2D eigenvalue weighted by atomic mass is 10.1. The predicted octanol–water partition coefficient (Wildman–Crippen LogP) is 3.41. The Morgan fingerprint density at radius 1 is 1.00 bits per heavy atom. The molecule has 1 saturated carbocycles. The Bertz CT molecular complexity index is 822. The number of rotatable bonds is 10. The Balaban J connectivity index is 1.33. The summed E-state index contributed by atoms with van der Waals surface area (Å²) in [6.45, 7) is -2.29. The van der Waals surface area contributed by atoms with Gasteiger partial charge in [-0.1, -0.05) is 12.1 Å². The van der Waals surface area contributed by atoms with Crippen molar-refractivity contribution in [3.8, 4) is 5.75 Å². The van der Waals surface area contributed by atoms with Crippen LogP contribution in [0.15, 0.2) is 48.5 Å². The summed E-state index contributed by atoms with van der Waals surface area (Å²) in [5, 5.41) is 8.68. The minimum absolute atomic E-state index is 0.0567. The maximum atomic E-state index is 12.1. The first kappa shape index (κ1) is 20.6. The minimum Gasteiger partial charge on any atom is -0.435 e. The molecule has 0 spiro atoms. The smallest absolute Gasteiger partial charge is 0.387 e. The van der Waals surface area contributed by atoms with Gasteiger partial charge in [-0.2, -0.15) is 8.78 Å². The molecule has 2 amide bonds. The van der Waals surface area contributed by atoms with Crippen LogP contribution in [0.4, 0.5) is 20.2 Å². The second-order valence-corrected chi connectivity index (χ2v) is 6.82.